The Morgan fingerprint density at radius 1 is 1.36 bits per heavy atom. The minimum Gasteiger partial charge on any atom is -0.386 e. The van der Waals surface area contributed by atoms with Crippen LogP contribution in [-0.2, 0) is 6.54 Å². The molecule has 0 saturated carbocycles. The summed E-state index contributed by atoms with van der Waals surface area (Å²) in [6.45, 7) is 1.83. The molecule has 3 N–H and O–H groups in total. The number of nitrogens with one attached hydrogen (secondary N) is 2. The van der Waals surface area contributed by atoms with Gasteiger partial charge in [0, 0.05) is 11.4 Å². The Morgan fingerprint density at radius 2 is 2.05 bits per heavy atom. The molecule has 0 aliphatic rings. The lowest BCUT2D eigenvalue weighted by Gasteiger charge is -2.14. The van der Waals surface area contributed by atoms with E-state index in [1.54, 1.807) is 5.51 Å². The van der Waals surface area contributed by atoms with Crippen LogP contribution in [0.3, 0.4) is 0 Å². The van der Waals surface area contributed by atoms with E-state index in [9.17, 15) is 18.7 Å². The first kappa shape index (κ1) is 16.3. The molecule has 2 amide bonds. The van der Waals surface area contributed by atoms with Crippen molar-refractivity contribution in [2.75, 3.05) is 6.54 Å². The predicted octanol–water partition coefficient (Wildman–Crippen LogP) is 2.26. The van der Waals surface area contributed by atoms with Gasteiger partial charge in [0.1, 0.15) is 17.7 Å². The molecule has 1 unspecified atom stereocenters. The fraction of sp³-hybridized carbons (Fsp3) is 0.286. The number of urea groups is 1. The first-order chi connectivity index (χ1) is 10.5. The normalized spacial score (nSPS) is 12.0. The van der Waals surface area contributed by atoms with Crippen LogP contribution >= 0.6 is 11.3 Å². The second kappa shape index (κ2) is 7.28. The molecule has 0 spiro atoms. The Kier molecular flexibility index (Phi) is 5.40. The average Bonchev–Trinajstić information content (AvgIpc) is 2.88. The van der Waals surface area contributed by atoms with Gasteiger partial charge >= 0.3 is 6.03 Å². The second-order valence-electron chi connectivity index (χ2n) is 4.58. The van der Waals surface area contributed by atoms with Crippen LogP contribution in [0.1, 0.15) is 22.2 Å². The van der Waals surface area contributed by atoms with Crippen LogP contribution in [0.25, 0.3) is 0 Å². The molecule has 0 radical (unpaired) electrons. The maximum atomic E-state index is 13.5. The zero-order chi connectivity index (χ0) is 16.1. The number of aromatic nitrogens is 1. The van der Waals surface area contributed by atoms with Gasteiger partial charge in [-0.15, -0.1) is 11.3 Å². The second-order valence-corrected chi connectivity index (χ2v) is 5.51. The summed E-state index contributed by atoms with van der Waals surface area (Å²) < 4.78 is 26.9. The number of carbonyl (C=O) groups is 1. The Morgan fingerprint density at radius 3 is 2.64 bits per heavy atom. The third-order valence-electron chi connectivity index (χ3n) is 3.04. The first-order valence-electron chi connectivity index (χ1n) is 6.51. The van der Waals surface area contributed by atoms with E-state index in [4.69, 9.17) is 0 Å². The van der Waals surface area contributed by atoms with Crippen LogP contribution in [0.15, 0.2) is 23.7 Å². The summed E-state index contributed by atoms with van der Waals surface area (Å²) >= 11 is 1.41. The molecule has 1 heterocycles. The summed E-state index contributed by atoms with van der Waals surface area (Å²) in [5.41, 5.74) is 2.05. The van der Waals surface area contributed by atoms with Crippen LogP contribution in [0.4, 0.5) is 13.6 Å². The van der Waals surface area contributed by atoms with E-state index in [-0.39, 0.29) is 6.54 Å². The fourth-order valence-corrected chi connectivity index (χ4v) is 2.56. The van der Waals surface area contributed by atoms with Crippen molar-refractivity contribution in [3.05, 3.63) is 51.5 Å². The molecular formula is C14H15F2N3O2S. The topological polar surface area (TPSA) is 74.2 Å². The standard InChI is InChI=1S/C14H15F2N3O2S/c1-8-12(22-7-19-8)6-18-14(21)17-5-11(20)13-9(15)3-2-4-10(13)16/h2-4,7,11,20H,5-6H2,1H3,(H2,17,18,21). The number of aryl methyl sites for hydroxylation is 1. The fourth-order valence-electron chi connectivity index (χ4n) is 1.84. The van der Waals surface area contributed by atoms with Crippen LogP contribution in [-0.4, -0.2) is 22.7 Å². The number of aliphatic hydroxyl groups is 1. The lowest BCUT2D eigenvalue weighted by molar-refractivity contribution is 0.164. The van der Waals surface area contributed by atoms with Crippen molar-refractivity contribution in [2.45, 2.75) is 19.6 Å². The largest absolute Gasteiger partial charge is 0.386 e. The summed E-state index contributed by atoms with van der Waals surface area (Å²) in [6.07, 6.45) is -1.46. The predicted molar refractivity (Wildman–Crippen MR) is 78.4 cm³/mol. The summed E-state index contributed by atoms with van der Waals surface area (Å²) in [5, 5.41) is 14.7. The molecule has 118 valence electrons. The Hall–Kier alpha value is -2.06. The maximum Gasteiger partial charge on any atom is 0.315 e. The molecule has 1 atom stereocenters. The minimum absolute atomic E-state index is 0.298. The molecule has 0 aliphatic carbocycles. The molecule has 1 aromatic heterocycles. The minimum atomic E-state index is -1.46. The molecule has 5 nitrogen and oxygen atoms in total. The highest BCUT2D eigenvalue weighted by Crippen LogP contribution is 2.19. The molecule has 22 heavy (non-hydrogen) atoms. The van der Waals surface area contributed by atoms with Crippen LogP contribution in [0, 0.1) is 18.6 Å². The van der Waals surface area contributed by atoms with Gasteiger partial charge in [-0.3, -0.25) is 0 Å². The van der Waals surface area contributed by atoms with Gasteiger partial charge in [0.05, 0.1) is 23.3 Å². The molecule has 2 aromatic rings. The summed E-state index contributed by atoms with van der Waals surface area (Å²) in [6, 6.07) is 2.77. The molecule has 1 aromatic carbocycles. The number of aliphatic hydroxyl groups excluding tert-OH is 1. The van der Waals surface area contributed by atoms with Gasteiger partial charge in [0.15, 0.2) is 0 Å². The zero-order valence-electron chi connectivity index (χ0n) is 11.8. The van der Waals surface area contributed by atoms with Gasteiger partial charge in [-0.05, 0) is 19.1 Å². The summed E-state index contributed by atoms with van der Waals surface area (Å²) in [7, 11) is 0. The monoisotopic (exact) mass is 327 g/mol. The van der Waals surface area contributed by atoms with Gasteiger partial charge < -0.3 is 15.7 Å². The quantitative estimate of drug-likeness (QED) is 0.789. The Balaban J connectivity index is 1.84. The molecule has 0 fully saturated rings. The summed E-state index contributed by atoms with van der Waals surface area (Å²) in [5.74, 6) is -1.70. The molecule has 8 heteroatoms. The lowest BCUT2D eigenvalue weighted by atomic mass is 10.1. The number of rotatable bonds is 5. The molecule has 0 aliphatic heterocycles. The van der Waals surface area contributed by atoms with Crippen molar-refractivity contribution in [3.63, 3.8) is 0 Å². The molecule has 0 bridgehead atoms. The zero-order valence-corrected chi connectivity index (χ0v) is 12.6. The van der Waals surface area contributed by atoms with Crippen molar-refractivity contribution >= 4 is 17.4 Å². The Bertz CT molecular complexity index is 643. The maximum absolute atomic E-state index is 13.5. The number of benzene rings is 1. The number of halogens is 2. The van der Waals surface area contributed by atoms with E-state index in [1.165, 1.54) is 17.4 Å². The van der Waals surface area contributed by atoms with Gasteiger partial charge in [0.2, 0.25) is 0 Å². The number of nitrogens with zero attached hydrogens (tertiary/aromatic N) is 1. The van der Waals surface area contributed by atoms with E-state index in [1.807, 2.05) is 6.92 Å². The van der Waals surface area contributed by atoms with Crippen LogP contribution in [0.5, 0.6) is 0 Å². The molecular weight excluding hydrogens is 312 g/mol. The highest BCUT2D eigenvalue weighted by Gasteiger charge is 2.18. The highest BCUT2D eigenvalue weighted by molar-refractivity contribution is 7.09. The van der Waals surface area contributed by atoms with Crippen molar-refractivity contribution in [1.82, 2.24) is 15.6 Å². The number of carbonyl (C=O) groups excluding carboxylic acids is 1. The first-order valence-corrected chi connectivity index (χ1v) is 7.39. The third kappa shape index (κ3) is 3.99. The summed E-state index contributed by atoms with van der Waals surface area (Å²) in [4.78, 5) is 16.6. The van der Waals surface area contributed by atoms with Crippen molar-refractivity contribution < 1.29 is 18.7 Å². The lowest BCUT2D eigenvalue weighted by Crippen LogP contribution is -2.37. The highest BCUT2D eigenvalue weighted by atomic mass is 32.1. The molecule has 2 rings (SSSR count). The average molecular weight is 327 g/mol. The van der Waals surface area contributed by atoms with Crippen LogP contribution < -0.4 is 10.6 Å². The van der Waals surface area contributed by atoms with E-state index >= 15 is 0 Å². The number of thiazole rings is 1. The van der Waals surface area contributed by atoms with Crippen molar-refractivity contribution in [2.24, 2.45) is 0 Å². The van der Waals surface area contributed by atoms with Crippen LogP contribution in [0.2, 0.25) is 0 Å². The van der Waals surface area contributed by atoms with Gasteiger partial charge in [-0.1, -0.05) is 6.07 Å². The van der Waals surface area contributed by atoms with Gasteiger partial charge in [-0.2, -0.15) is 0 Å². The van der Waals surface area contributed by atoms with Gasteiger partial charge in [-0.25, -0.2) is 18.6 Å². The van der Waals surface area contributed by atoms with Gasteiger partial charge in [0.25, 0.3) is 0 Å². The Labute approximate surface area is 130 Å². The SMILES string of the molecule is Cc1ncsc1CNC(=O)NCC(O)c1c(F)cccc1F. The molecule has 0 saturated heterocycles. The number of hydrogen-bond acceptors (Lipinski definition) is 4. The van der Waals surface area contributed by atoms with E-state index in [2.05, 4.69) is 15.6 Å². The number of amides is 2. The third-order valence-corrected chi connectivity index (χ3v) is 3.98. The van der Waals surface area contributed by atoms with Crippen molar-refractivity contribution in [1.29, 1.82) is 0 Å². The number of hydrogen-bond donors (Lipinski definition) is 3. The van der Waals surface area contributed by atoms with E-state index in [0.29, 0.717) is 6.54 Å². The van der Waals surface area contributed by atoms with Crippen molar-refractivity contribution in [3.8, 4) is 0 Å². The van der Waals surface area contributed by atoms with E-state index in [0.717, 1.165) is 22.7 Å². The smallest absolute Gasteiger partial charge is 0.315 e. The van der Waals surface area contributed by atoms with E-state index < -0.39 is 29.3 Å².